The molecule has 6 rings (SSSR count). The topological polar surface area (TPSA) is 51.8 Å². The average Bonchev–Trinajstić information content (AvgIpc) is 3.33. The molecule has 0 aliphatic carbocycles. The summed E-state index contributed by atoms with van der Waals surface area (Å²) in [6.07, 6.45) is 2.68. The molecule has 0 unspecified atom stereocenters. The van der Waals surface area contributed by atoms with Gasteiger partial charge in [0, 0.05) is 22.0 Å². The van der Waals surface area contributed by atoms with Crippen LogP contribution in [0.5, 0.6) is 0 Å². The Balaban J connectivity index is 1.60. The molecule has 4 heterocycles. The standard InChI is InChI=1S/C31H31N3OS/c1-17-8-10-19-13-20(14-22(24(19)34-17)31(5,6)7)25-29-26(33-16-32-25)27-28(36-29)21-12-18(15-30(2,3)4)9-11-23(21)35-27/h8-14,16H,15H2,1-7H3. The van der Waals surface area contributed by atoms with Gasteiger partial charge in [-0.1, -0.05) is 53.7 Å². The van der Waals surface area contributed by atoms with E-state index in [1.54, 1.807) is 17.7 Å². The SMILES string of the molecule is Cc1ccc2cc(-c3ncnc4c3sc3c5cc(CC(C)(C)C)ccc5oc43)cc(C(C)(C)C)c2n1. The molecular formula is C31H31N3OS. The number of fused-ring (bicyclic) bond motifs is 6. The third kappa shape index (κ3) is 3.86. The quantitative estimate of drug-likeness (QED) is 0.241. The van der Waals surface area contributed by atoms with E-state index in [-0.39, 0.29) is 10.8 Å². The monoisotopic (exact) mass is 493 g/mol. The van der Waals surface area contributed by atoms with E-state index < -0.39 is 0 Å². The van der Waals surface area contributed by atoms with Crippen LogP contribution in [0.3, 0.4) is 0 Å². The first kappa shape index (κ1) is 23.1. The number of nitrogens with zero attached hydrogens (tertiary/aromatic N) is 3. The lowest BCUT2D eigenvalue weighted by atomic mass is 9.84. The van der Waals surface area contributed by atoms with Crippen molar-refractivity contribution in [3.05, 3.63) is 65.6 Å². The minimum Gasteiger partial charge on any atom is -0.453 e. The Morgan fingerprint density at radius 3 is 2.42 bits per heavy atom. The molecule has 0 amide bonds. The summed E-state index contributed by atoms with van der Waals surface area (Å²) >= 11 is 1.73. The first-order valence-corrected chi connectivity index (χ1v) is 13.3. The number of hydrogen-bond acceptors (Lipinski definition) is 5. The molecule has 0 saturated carbocycles. The largest absolute Gasteiger partial charge is 0.453 e. The number of furan rings is 1. The Morgan fingerprint density at radius 1 is 0.861 bits per heavy atom. The van der Waals surface area contributed by atoms with Gasteiger partial charge < -0.3 is 4.42 Å². The lowest BCUT2D eigenvalue weighted by Gasteiger charge is -2.22. The van der Waals surface area contributed by atoms with E-state index in [1.807, 2.05) is 6.92 Å². The number of benzene rings is 2. The Hall–Kier alpha value is -3.31. The Morgan fingerprint density at radius 2 is 1.67 bits per heavy atom. The van der Waals surface area contributed by atoms with Gasteiger partial charge in [-0.25, -0.2) is 9.97 Å². The molecule has 0 radical (unpaired) electrons. The molecule has 0 aliphatic rings. The summed E-state index contributed by atoms with van der Waals surface area (Å²) in [5.41, 5.74) is 9.51. The van der Waals surface area contributed by atoms with Gasteiger partial charge in [0.2, 0.25) is 0 Å². The van der Waals surface area contributed by atoms with E-state index in [1.165, 1.54) is 11.1 Å². The number of rotatable bonds is 2. The van der Waals surface area contributed by atoms with Crippen LogP contribution in [0.2, 0.25) is 0 Å². The minimum absolute atomic E-state index is 0.0517. The lowest BCUT2D eigenvalue weighted by Crippen LogP contribution is -2.13. The third-order valence-electron chi connectivity index (χ3n) is 6.68. The molecule has 0 spiro atoms. The van der Waals surface area contributed by atoms with Gasteiger partial charge >= 0.3 is 0 Å². The van der Waals surface area contributed by atoms with Crippen LogP contribution < -0.4 is 0 Å². The van der Waals surface area contributed by atoms with Crippen LogP contribution in [0.1, 0.15) is 58.4 Å². The zero-order valence-electron chi connectivity index (χ0n) is 22.0. The van der Waals surface area contributed by atoms with Crippen LogP contribution in [0.25, 0.3) is 53.6 Å². The van der Waals surface area contributed by atoms with Crippen LogP contribution in [0.15, 0.2) is 53.2 Å². The van der Waals surface area contributed by atoms with Crippen molar-refractivity contribution in [2.75, 3.05) is 0 Å². The second-order valence-corrected chi connectivity index (χ2v) is 13.1. The number of aromatic nitrogens is 3. The van der Waals surface area contributed by atoms with E-state index in [0.29, 0.717) is 0 Å². The molecule has 0 atom stereocenters. The van der Waals surface area contributed by atoms with E-state index in [2.05, 4.69) is 89.0 Å². The van der Waals surface area contributed by atoms with Gasteiger partial charge in [-0.05, 0) is 65.6 Å². The fourth-order valence-electron chi connectivity index (χ4n) is 5.08. The van der Waals surface area contributed by atoms with Gasteiger partial charge in [-0.15, -0.1) is 11.3 Å². The molecule has 0 aliphatic heterocycles. The zero-order valence-corrected chi connectivity index (χ0v) is 22.8. The van der Waals surface area contributed by atoms with Gasteiger partial charge in [-0.2, -0.15) is 0 Å². The molecular weight excluding hydrogens is 462 g/mol. The van der Waals surface area contributed by atoms with Crippen molar-refractivity contribution in [3.8, 4) is 11.3 Å². The van der Waals surface area contributed by atoms with Crippen molar-refractivity contribution in [1.29, 1.82) is 0 Å². The van der Waals surface area contributed by atoms with Crippen molar-refractivity contribution in [3.63, 3.8) is 0 Å². The maximum atomic E-state index is 6.35. The average molecular weight is 494 g/mol. The maximum absolute atomic E-state index is 6.35. The molecule has 4 aromatic heterocycles. The number of pyridine rings is 1. The maximum Gasteiger partial charge on any atom is 0.172 e. The normalized spacial score (nSPS) is 13.0. The summed E-state index contributed by atoms with van der Waals surface area (Å²) in [5, 5.41) is 2.29. The van der Waals surface area contributed by atoms with Crippen LogP contribution in [0.4, 0.5) is 0 Å². The zero-order chi connectivity index (χ0) is 25.4. The van der Waals surface area contributed by atoms with Gasteiger partial charge in [-0.3, -0.25) is 4.98 Å². The second kappa shape index (κ2) is 7.84. The van der Waals surface area contributed by atoms with Gasteiger partial charge in [0.1, 0.15) is 17.4 Å². The fraction of sp³-hybridized carbons (Fsp3) is 0.323. The summed E-state index contributed by atoms with van der Waals surface area (Å²) in [6, 6.07) is 15.3. The highest BCUT2D eigenvalue weighted by Gasteiger charge is 2.23. The highest BCUT2D eigenvalue weighted by molar-refractivity contribution is 7.27. The van der Waals surface area contributed by atoms with Crippen LogP contribution in [-0.2, 0) is 11.8 Å². The highest BCUT2D eigenvalue weighted by Crippen LogP contribution is 2.44. The van der Waals surface area contributed by atoms with Gasteiger partial charge in [0.05, 0.1) is 20.6 Å². The van der Waals surface area contributed by atoms with E-state index >= 15 is 0 Å². The van der Waals surface area contributed by atoms with Crippen molar-refractivity contribution in [1.82, 2.24) is 15.0 Å². The Bertz CT molecular complexity index is 1790. The molecule has 182 valence electrons. The van der Waals surface area contributed by atoms with Crippen LogP contribution in [-0.4, -0.2) is 15.0 Å². The summed E-state index contributed by atoms with van der Waals surface area (Å²) in [4.78, 5) is 14.3. The highest BCUT2D eigenvalue weighted by atomic mass is 32.1. The molecule has 36 heavy (non-hydrogen) atoms. The van der Waals surface area contributed by atoms with E-state index in [4.69, 9.17) is 14.4 Å². The first-order valence-electron chi connectivity index (χ1n) is 12.5. The molecule has 0 saturated heterocycles. The predicted octanol–water partition coefficient (Wildman–Crippen LogP) is 9.00. The fourth-order valence-corrected chi connectivity index (χ4v) is 6.30. The Labute approximate surface area is 215 Å². The van der Waals surface area contributed by atoms with Crippen LogP contribution >= 0.6 is 11.3 Å². The summed E-state index contributed by atoms with van der Waals surface area (Å²) in [6.45, 7) is 15.6. The Kier molecular flexibility index (Phi) is 5.03. The summed E-state index contributed by atoms with van der Waals surface area (Å²) < 4.78 is 8.56. The molecule has 0 N–H and O–H groups in total. The predicted molar refractivity (Wildman–Crippen MR) is 152 cm³/mol. The van der Waals surface area contributed by atoms with Crippen LogP contribution in [0, 0.1) is 12.3 Å². The van der Waals surface area contributed by atoms with Crippen molar-refractivity contribution in [2.24, 2.45) is 5.41 Å². The van der Waals surface area contributed by atoms with Crippen molar-refractivity contribution in [2.45, 2.75) is 60.3 Å². The second-order valence-electron chi connectivity index (χ2n) is 12.1. The molecule has 0 bridgehead atoms. The van der Waals surface area contributed by atoms with E-state index in [0.717, 1.165) is 65.7 Å². The molecule has 6 aromatic rings. The number of hydrogen-bond donors (Lipinski definition) is 0. The van der Waals surface area contributed by atoms with Crippen molar-refractivity contribution < 1.29 is 4.42 Å². The lowest BCUT2D eigenvalue weighted by molar-refractivity contribution is 0.411. The first-order chi connectivity index (χ1) is 17.0. The van der Waals surface area contributed by atoms with E-state index in [9.17, 15) is 0 Å². The summed E-state index contributed by atoms with van der Waals surface area (Å²) in [5.74, 6) is 0. The van der Waals surface area contributed by atoms with Gasteiger partial charge in [0.25, 0.3) is 0 Å². The molecule has 2 aromatic carbocycles. The molecule has 5 heteroatoms. The van der Waals surface area contributed by atoms with Crippen molar-refractivity contribution >= 4 is 53.7 Å². The number of aryl methyl sites for hydroxylation is 1. The smallest absolute Gasteiger partial charge is 0.172 e. The number of thiophene rings is 1. The summed E-state index contributed by atoms with van der Waals surface area (Å²) in [7, 11) is 0. The molecule has 4 nitrogen and oxygen atoms in total. The van der Waals surface area contributed by atoms with Gasteiger partial charge in [0.15, 0.2) is 5.58 Å². The molecule has 0 fully saturated rings. The third-order valence-corrected chi connectivity index (χ3v) is 7.88. The minimum atomic E-state index is -0.0517.